The number of hydrogen-bond acceptors (Lipinski definition) is 2. The van der Waals surface area contributed by atoms with Gasteiger partial charge in [0.15, 0.2) is 11.6 Å². The number of ether oxygens (including phenoxy) is 1. The minimum atomic E-state index is -0.365. The SMILES string of the molecule is COc1cccc(CC(N)c2ccc(Cl)cc2Br)c1F. The molecule has 0 spiro atoms. The molecule has 0 saturated heterocycles. The molecule has 0 fully saturated rings. The van der Waals surface area contributed by atoms with E-state index in [-0.39, 0.29) is 17.6 Å². The summed E-state index contributed by atoms with van der Waals surface area (Å²) in [6.45, 7) is 0. The maximum absolute atomic E-state index is 14.1. The van der Waals surface area contributed by atoms with Crippen molar-refractivity contribution in [2.45, 2.75) is 12.5 Å². The second-order valence-corrected chi connectivity index (χ2v) is 5.70. The summed E-state index contributed by atoms with van der Waals surface area (Å²) < 4.78 is 19.9. The van der Waals surface area contributed by atoms with Crippen LogP contribution in [0.25, 0.3) is 0 Å². The van der Waals surface area contributed by atoms with Crippen LogP contribution in [0.15, 0.2) is 40.9 Å². The van der Waals surface area contributed by atoms with Crippen LogP contribution >= 0.6 is 27.5 Å². The summed E-state index contributed by atoms with van der Waals surface area (Å²) in [5.41, 5.74) is 7.57. The van der Waals surface area contributed by atoms with Crippen molar-refractivity contribution in [3.63, 3.8) is 0 Å². The number of halogens is 3. The molecule has 0 aliphatic heterocycles. The van der Waals surface area contributed by atoms with Gasteiger partial charge in [-0.2, -0.15) is 0 Å². The molecule has 0 heterocycles. The van der Waals surface area contributed by atoms with E-state index in [4.69, 9.17) is 22.1 Å². The zero-order valence-corrected chi connectivity index (χ0v) is 13.2. The quantitative estimate of drug-likeness (QED) is 0.874. The van der Waals surface area contributed by atoms with Crippen molar-refractivity contribution in [1.82, 2.24) is 0 Å². The van der Waals surface area contributed by atoms with Crippen molar-refractivity contribution >= 4 is 27.5 Å². The summed E-state index contributed by atoms with van der Waals surface area (Å²) in [7, 11) is 1.44. The van der Waals surface area contributed by atoms with Gasteiger partial charge in [-0.3, -0.25) is 0 Å². The van der Waals surface area contributed by atoms with Crippen LogP contribution in [0.4, 0.5) is 4.39 Å². The van der Waals surface area contributed by atoms with Gasteiger partial charge in [0, 0.05) is 15.5 Å². The molecule has 1 unspecified atom stereocenters. The molecule has 0 aliphatic carbocycles. The normalized spacial score (nSPS) is 12.2. The van der Waals surface area contributed by atoms with E-state index in [1.165, 1.54) is 7.11 Å². The third-order valence-corrected chi connectivity index (χ3v) is 3.99. The van der Waals surface area contributed by atoms with E-state index in [1.54, 1.807) is 30.3 Å². The van der Waals surface area contributed by atoms with E-state index in [0.717, 1.165) is 10.0 Å². The monoisotopic (exact) mass is 357 g/mol. The molecule has 0 radical (unpaired) electrons. The molecule has 2 rings (SSSR count). The molecule has 5 heteroatoms. The van der Waals surface area contributed by atoms with Gasteiger partial charge in [-0.15, -0.1) is 0 Å². The molecule has 0 aliphatic rings. The molecule has 0 saturated carbocycles. The predicted molar refractivity (Wildman–Crippen MR) is 82.7 cm³/mol. The average molecular weight is 359 g/mol. The average Bonchev–Trinajstić information content (AvgIpc) is 2.41. The lowest BCUT2D eigenvalue weighted by atomic mass is 9.99. The highest BCUT2D eigenvalue weighted by Gasteiger charge is 2.15. The Kier molecular flexibility index (Phi) is 5.02. The number of nitrogens with two attached hydrogens (primary N) is 1. The van der Waals surface area contributed by atoms with Crippen LogP contribution in [-0.2, 0) is 6.42 Å². The lowest BCUT2D eigenvalue weighted by molar-refractivity contribution is 0.383. The molecule has 2 nitrogen and oxygen atoms in total. The van der Waals surface area contributed by atoms with Crippen molar-refractivity contribution in [2.24, 2.45) is 5.73 Å². The minimum absolute atomic E-state index is 0.227. The lowest BCUT2D eigenvalue weighted by Gasteiger charge is -2.15. The van der Waals surface area contributed by atoms with Crippen LogP contribution < -0.4 is 10.5 Å². The van der Waals surface area contributed by atoms with Gasteiger partial charge in [0.2, 0.25) is 0 Å². The largest absolute Gasteiger partial charge is 0.494 e. The fraction of sp³-hybridized carbons (Fsp3) is 0.200. The summed E-state index contributed by atoms with van der Waals surface area (Å²) in [4.78, 5) is 0. The van der Waals surface area contributed by atoms with E-state index < -0.39 is 0 Å². The topological polar surface area (TPSA) is 35.2 Å². The van der Waals surface area contributed by atoms with Crippen molar-refractivity contribution in [3.05, 3.63) is 62.8 Å². The van der Waals surface area contributed by atoms with Gasteiger partial charge in [-0.25, -0.2) is 4.39 Å². The first-order valence-corrected chi connectivity index (χ1v) is 7.22. The summed E-state index contributed by atoms with van der Waals surface area (Å²) in [6, 6.07) is 10.1. The van der Waals surface area contributed by atoms with Gasteiger partial charge >= 0.3 is 0 Å². The highest BCUT2D eigenvalue weighted by molar-refractivity contribution is 9.10. The molecule has 106 valence electrons. The van der Waals surface area contributed by atoms with E-state index in [9.17, 15) is 4.39 Å². The maximum Gasteiger partial charge on any atom is 0.168 e. The van der Waals surface area contributed by atoms with Crippen LogP contribution in [0.2, 0.25) is 5.02 Å². The van der Waals surface area contributed by atoms with Gasteiger partial charge in [-0.05, 0) is 35.7 Å². The van der Waals surface area contributed by atoms with Gasteiger partial charge in [0.25, 0.3) is 0 Å². The molecular formula is C15H14BrClFNO. The summed E-state index contributed by atoms with van der Waals surface area (Å²) in [5, 5.41) is 0.625. The zero-order chi connectivity index (χ0) is 14.7. The van der Waals surface area contributed by atoms with Crippen molar-refractivity contribution < 1.29 is 9.13 Å². The Balaban J connectivity index is 2.25. The standard InChI is InChI=1S/C15H14BrClFNO/c1-20-14-4-2-3-9(15(14)18)7-13(19)11-6-5-10(17)8-12(11)16/h2-6,8,13H,7,19H2,1H3. The Morgan fingerprint density at radius 3 is 2.75 bits per heavy atom. The van der Waals surface area contributed by atoms with Crippen LogP contribution in [0.1, 0.15) is 17.2 Å². The highest BCUT2D eigenvalue weighted by Crippen LogP contribution is 2.29. The zero-order valence-electron chi connectivity index (χ0n) is 10.9. The third-order valence-electron chi connectivity index (χ3n) is 3.06. The maximum atomic E-state index is 14.1. The first kappa shape index (κ1) is 15.3. The van der Waals surface area contributed by atoms with E-state index in [0.29, 0.717) is 17.0 Å². The molecule has 0 amide bonds. The number of hydrogen-bond donors (Lipinski definition) is 1. The Labute approximate surface area is 130 Å². The fourth-order valence-electron chi connectivity index (χ4n) is 2.02. The molecule has 0 bridgehead atoms. The summed E-state index contributed by atoms with van der Waals surface area (Å²) in [6.07, 6.45) is 0.378. The molecule has 2 aromatic rings. The van der Waals surface area contributed by atoms with Crippen molar-refractivity contribution in [3.8, 4) is 5.75 Å². The smallest absolute Gasteiger partial charge is 0.168 e. The van der Waals surface area contributed by atoms with Gasteiger partial charge in [-0.1, -0.05) is 45.7 Å². The van der Waals surface area contributed by atoms with Crippen molar-refractivity contribution in [2.75, 3.05) is 7.11 Å². The van der Waals surface area contributed by atoms with E-state index in [2.05, 4.69) is 15.9 Å². The van der Waals surface area contributed by atoms with Crippen LogP contribution in [0.5, 0.6) is 5.75 Å². The molecule has 2 N–H and O–H groups in total. The highest BCUT2D eigenvalue weighted by atomic mass is 79.9. The second kappa shape index (κ2) is 6.57. The first-order valence-electron chi connectivity index (χ1n) is 6.05. The number of methoxy groups -OCH3 is 1. The van der Waals surface area contributed by atoms with Crippen LogP contribution in [-0.4, -0.2) is 7.11 Å². The van der Waals surface area contributed by atoms with Crippen LogP contribution in [0, 0.1) is 5.82 Å². The van der Waals surface area contributed by atoms with Crippen LogP contribution in [0.3, 0.4) is 0 Å². The predicted octanol–water partition coefficient (Wildman–Crippen LogP) is 4.49. The molecule has 2 aromatic carbocycles. The molecule has 0 aromatic heterocycles. The Bertz CT molecular complexity index is 621. The fourth-order valence-corrected chi connectivity index (χ4v) is 3.00. The number of rotatable bonds is 4. The second-order valence-electron chi connectivity index (χ2n) is 4.41. The minimum Gasteiger partial charge on any atom is -0.494 e. The Morgan fingerprint density at radius 1 is 1.35 bits per heavy atom. The summed E-state index contributed by atoms with van der Waals surface area (Å²) in [5.74, 6) is -0.139. The molecule has 1 atom stereocenters. The Morgan fingerprint density at radius 2 is 2.10 bits per heavy atom. The van der Waals surface area contributed by atoms with Gasteiger partial charge in [0.05, 0.1) is 7.11 Å². The molecule has 20 heavy (non-hydrogen) atoms. The summed E-state index contributed by atoms with van der Waals surface area (Å²) >= 11 is 9.32. The Hall–Kier alpha value is -1.10. The number of benzene rings is 2. The van der Waals surface area contributed by atoms with Gasteiger partial charge in [0.1, 0.15) is 0 Å². The van der Waals surface area contributed by atoms with Crippen molar-refractivity contribution in [1.29, 1.82) is 0 Å². The lowest BCUT2D eigenvalue weighted by Crippen LogP contribution is -2.15. The first-order chi connectivity index (χ1) is 9.52. The molecular weight excluding hydrogens is 345 g/mol. The van der Waals surface area contributed by atoms with E-state index >= 15 is 0 Å². The van der Waals surface area contributed by atoms with Gasteiger partial charge < -0.3 is 10.5 Å². The van der Waals surface area contributed by atoms with E-state index in [1.807, 2.05) is 6.07 Å². The third kappa shape index (κ3) is 3.32.